The van der Waals surface area contributed by atoms with Gasteiger partial charge in [0, 0.05) is 25.7 Å². The van der Waals surface area contributed by atoms with E-state index in [0.717, 1.165) is 23.1 Å². The van der Waals surface area contributed by atoms with Crippen molar-refractivity contribution in [2.45, 2.75) is 39.2 Å². The minimum Gasteiger partial charge on any atom is -0.497 e. The molecule has 0 bridgehead atoms. The number of ether oxygens (including phenoxy) is 2. The van der Waals surface area contributed by atoms with Gasteiger partial charge >= 0.3 is 6.03 Å². The maximum absolute atomic E-state index is 13.7. The van der Waals surface area contributed by atoms with E-state index >= 15 is 0 Å². The fourth-order valence-electron chi connectivity index (χ4n) is 4.79. The molecular weight excluding hydrogens is 466 g/mol. The van der Waals surface area contributed by atoms with Gasteiger partial charge in [-0.25, -0.2) is 4.79 Å². The van der Waals surface area contributed by atoms with Crippen LogP contribution in [0.25, 0.3) is 0 Å². The van der Waals surface area contributed by atoms with Gasteiger partial charge in [0.1, 0.15) is 11.5 Å². The van der Waals surface area contributed by atoms with E-state index in [0.29, 0.717) is 48.9 Å². The summed E-state index contributed by atoms with van der Waals surface area (Å²) in [7, 11) is 3.22. The second kappa shape index (κ2) is 11.8. The molecule has 0 radical (unpaired) electrons. The van der Waals surface area contributed by atoms with E-state index in [-0.39, 0.29) is 17.9 Å². The molecule has 194 valence electrons. The van der Waals surface area contributed by atoms with Crippen molar-refractivity contribution in [1.82, 2.24) is 4.90 Å². The van der Waals surface area contributed by atoms with Crippen LogP contribution in [0.2, 0.25) is 0 Å². The Balaban J connectivity index is 1.57. The van der Waals surface area contributed by atoms with Crippen LogP contribution in [0.15, 0.2) is 66.7 Å². The van der Waals surface area contributed by atoms with Crippen molar-refractivity contribution in [2.24, 2.45) is 0 Å². The highest BCUT2D eigenvalue weighted by Gasteiger charge is 2.29. The summed E-state index contributed by atoms with van der Waals surface area (Å²) in [5.74, 6) is 1.02. The van der Waals surface area contributed by atoms with Crippen LogP contribution < -0.4 is 19.7 Å². The van der Waals surface area contributed by atoms with Gasteiger partial charge in [0.2, 0.25) is 5.91 Å². The van der Waals surface area contributed by atoms with Crippen molar-refractivity contribution in [3.05, 3.63) is 83.4 Å². The summed E-state index contributed by atoms with van der Waals surface area (Å²) in [5, 5.41) is 3.13. The van der Waals surface area contributed by atoms with Crippen LogP contribution in [0.1, 0.15) is 42.4 Å². The summed E-state index contributed by atoms with van der Waals surface area (Å²) < 4.78 is 10.8. The molecular formula is C30H35N3O4. The molecule has 1 saturated heterocycles. The largest absolute Gasteiger partial charge is 0.497 e. The lowest BCUT2D eigenvalue weighted by atomic mass is 9.95. The number of benzene rings is 3. The first kappa shape index (κ1) is 26.1. The number of nitrogens with one attached hydrogen (secondary N) is 1. The number of urea groups is 1. The Bertz CT molecular complexity index is 1220. The summed E-state index contributed by atoms with van der Waals surface area (Å²) in [6.07, 6.45) is 1.49. The molecule has 0 aromatic heterocycles. The standard InChI is InChI=1S/C30H35N3O4/c1-5-26(23-10-7-6-8-11-23)29(34)31-27-16-21(2)12-13-28(27)33-15-9-14-32(30(33)35)20-22-17-24(36-3)19-25(18-22)37-4/h6-8,10-13,16-19,26H,5,9,14-15,20H2,1-4H3,(H,31,34)/t26-/m0/s1. The predicted octanol–water partition coefficient (Wildman–Crippen LogP) is 5.98. The Morgan fingerprint density at radius 1 is 0.973 bits per heavy atom. The third kappa shape index (κ3) is 6.05. The Kier molecular flexibility index (Phi) is 8.33. The van der Waals surface area contributed by atoms with Gasteiger partial charge in [-0.3, -0.25) is 9.69 Å². The highest BCUT2D eigenvalue weighted by molar-refractivity contribution is 6.02. The molecule has 1 aliphatic rings. The minimum atomic E-state index is -0.272. The monoisotopic (exact) mass is 501 g/mol. The van der Waals surface area contributed by atoms with E-state index in [4.69, 9.17) is 9.47 Å². The van der Waals surface area contributed by atoms with E-state index in [1.165, 1.54) is 0 Å². The summed E-state index contributed by atoms with van der Waals surface area (Å²) >= 11 is 0. The Labute approximate surface area is 219 Å². The number of hydrogen-bond acceptors (Lipinski definition) is 4. The summed E-state index contributed by atoms with van der Waals surface area (Å²) in [6, 6.07) is 21.2. The van der Waals surface area contributed by atoms with Crippen molar-refractivity contribution < 1.29 is 19.1 Å². The lowest BCUT2D eigenvalue weighted by Gasteiger charge is -2.36. The van der Waals surface area contributed by atoms with Crippen molar-refractivity contribution in [3.63, 3.8) is 0 Å². The number of amides is 3. The highest BCUT2D eigenvalue weighted by atomic mass is 16.5. The third-order valence-electron chi connectivity index (χ3n) is 6.72. The third-order valence-corrected chi connectivity index (χ3v) is 6.72. The van der Waals surface area contributed by atoms with E-state index in [2.05, 4.69) is 5.32 Å². The number of rotatable bonds is 9. The van der Waals surface area contributed by atoms with Crippen LogP contribution in [-0.4, -0.2) is 44.1 Å². The summed E-state index contributed by atoms with van der Waals surface area (Å²) in [4.78, 5) is 30.6. The van der Waals surface area contributed by atoms with Gasteiger partial charge in [0.15, 0.2) is 0 Å². The van der Waals surface area contributed by atoms with E-state index in [1.807, 2.05) is 85.5 Å². The van der Waals surface area contributed by atoms with Gasteiger partial charge in [0.25, 0.3) is 0 Å². The molecule has 1 N–H and O–H groups in total. The zero-order chi connectivity index (χ0) is 26.4. The Hall–Kier alpha value is -4.00. The number of carbonyl (C=O) groups excluding carboxylic acids is 2. The molecule has 1 heterocycles. The molecule has 0 spiro atoms. The lowest BCUT2D eigenvalue weighted by Crippen LogP contribution is -2.49. The lowest BCUT2D eigenvalue weighted by molar-refractivity contribution is -0.117. The van der Waals surface area contributed by atoms with Gasteiger partial charge in [-0.2, -0.15) is 0 Å². The van der Waals surface area contributed by atoms with E-state index in [9.17, 15) is 9.59 Å². The van der Waals surface area contributed by atoms with Gasteiger partial charge in [-0.1, -0.05) is 43.3 Å². The fraction of sp³-hybridized carbons (Fsp3) is 0.333. The molecule has 3 aromatic carbocycles. The van der Waals surface area contributed by atoms with Crippen molar-refractivity contribution in [1.29, 1.82) is 0 Å². The second-order valence-corrected chi connectivity index (χ2v) is 9.31. The molecule has 0 aliphatic carbocycles. The SMILES string of the molecule is CC[C@H](C(=O)Nc1cc(C)ccc1N1CCCN(Cc2cc(OC)cc(OC)c2)C1=O)c1ccccc1. The molecule has 1 aliphatic heterocycles. The zero-order valence-electron chi connectivity index (χ0n) is 22.0. The number of hydrogen-bond donors (Lipinski definition) is 1. The number of aryl methyl sites for hydroxylation is 1. The summed E-state index contributed by atoms with van der Waals surface area (Å²) in [5.41, 5.74) is 4.28. The van der Waals surface area contributed by atoms with E-state index < -0.39 is 0 Å². The Morgan fingerprint density at radius 2 is 1.68 bits per heavy atom. The molecule has 3 amide bonds. The molecule has 0 saturated carbocycles. The molecule has 7 heteroatoms. The first-order valence-corrected chi connectivity index (χ1v) is 12.7. The van der Waals surface area contributed by atoms with Crippen LogP contribution >= 0.6 is 0 Å². The number of nitrogens with zero attached hydrogens (tertiary/aromatic N) is 2. The van der Waals surface area contributed by atoms with Gasteiger partial charge in [-0.15, -0.1) is 0 Å². The average Bonchev–Trinajstić information content (AvgIpc) is 2.91. The predicted molar refractivity (Wildman–Crippen MR) is 147 cm³/mol. The Morgan fingerprint density at radius 3 is 2.32 bits per heavy atom. The fourth-order valence-corrected chi connectivity index (χ4v) is 4.79. The van der Waals surface area contributed by atoms with Crippen molar-refractivity contribution in [2.75, 3.05) is 37.5 Å². The van der Waals surface area contributed by atoms with Gasteiger partial charge in [-0.05, 0) is 60.7 Å². The van der Waals surface area contributed by atoms with E-state index in [1.54, 1.807) is 19.1 Å². The van der Waals surface area contributed by atoms with Crippen LogP contribution in [0.5, 0.6) is 11.5 Å². The van der Waals surface area contributed by atoms with Crippen LogP contribution in [-0.2, 0) is 11.3 Å². The first-order chi connectivity index (χ1) is 17.9. The number of methoxy groups -OCH3 is 2. The topological polar surface area (TPSA) is 71.1 Å². The van der Waals surface area contributed by atoms with Gasteiger partial charge < -0.3 is 19.7 Å². The van der Waals surface area contributed by atoms with Crippen LogP contribution in [0, 0.1) is 6.92 Å². The highest BCUT2D eigenvalue weighted by Crippen LogP contribution is 2.32. The molecule has 0 unspecified atom stereocenters. The minimum absolute atomic E-state index is 0.0784. The smallest absolute Gasteiger partial charge is 0.324 e. The summed E-state index contributed by atoms with van der Waals surface area (Å²) in [6.45, 7) is 5.65. The normalized spacial score (nSPS) is 14.3. The van der Waals surface area contributed by atoms with Gasteiger partial charge in [0.05, 0.1) is 31.5 Å². The zero-order valence-corrected chi connectivity index (χ0v) is 22.0. The maximum Gasteiger partial charge on any atom is 0.324 e. The first-order valence-electron chi connectivity index (χ1n) is 12.7. The van der Waals surface area contributed by atoms with Crippen LogP contribution in [0.4, 0.5) is 16.2 Å². The second-order valence-electron chi connectivity index (χ2n) is 9.31. The number of carbonyl (C=O) groups is 2. The molecule has 3 aromatic rings. The average molecular weight is 502 g/mol. The molecule has 4 rings (SSSR count). The maximum atomic E-state index is 13.7. The molecule has 1 atom stereocenters. The quantitative estimate of drug-likeness (QED) is 0.392. The molecule has 1 fully saturated rings. The van der Waals surface area contributed by atoms with Crippen molar-refractivity contribution in [3.8, 4) is 11.5 Å². The molecule has 7 nitrogen and oxygen atoms in total. The molecule has 37 heavy (non-hydrogen) atoms. The van der Waals surface area contributed by atoms with Crippen LogP contribution in [0.3, 0.4) is 0 Å². The number of anilines is 2. The van der Waals surface area contributed by atoms with Crippen molar-refractivity contribution >= 4 is 23.3 Å².